The maximum atomic E-state index is 13.9. The van der Waals surface area contributed by atoms with Gasteiger partial charge in [0, 0.05) is 6.04 Å². The third-order valence-corrected chi connectivity index (χ3v) is 6.84. The number of ether oxygens (including phenoxy) is 1. The van der Waals surface area contributed by atoms with E-state index in [9.17, 15) is 9.59 Å². The highest BCUT2D eigenvalue weighted by Gasteiger charge is 2.44. The number of carbonyl (C=O) groups is 2. The molecule has 5 heteroatoms. The van der Waals surface area contributed by atoms with E-state index in [4.69, 9.17) is 4.74 Å². The summed E-state index contributed by atoms with van der Waals surface area (Å²) in [5, 5.41) is 0. The number of hydrogen-bond donors (Lipinski definition) is 0. The standard InChI is InChI=1S/C30H34N2O3/c1-3-13-28-27(20-24-14-7-4-8-15-24)29(33)31(23(2)26-18-11-6-12-19-26)22-32(28)30(34)35-21-25-16-9-5-10-17-25/h4-12,14-19,23,27-28H,3,13,20-22H2,1-2H3/t23-,27-,28-/m0/s1. The van der Waals surface area contributed by atoms with E-state index < -0.39 is 0 Å². The molecule has 3 atom stereocenters. The second-order valence-electron chi connectivity index (χ2n) is 9.20. The Bertz CT molecular complexity index is 1090. The van der Waals surface area contributed by atoms with Crippen molar-refractivity contribution in [1.82, 2.24) is 9.80 Å². The van der Waals surface area contributed by atoms with Gasteiger partial charge in [0.1, 0.15) is 6.61 Å². The molecule has 4 rings (SSSR count). The molecule has 1 fully saturated rings. The lowest BCUT2D eigenvalue weighted by Gasteiger charge is -2.47. The molecule has 3 aromatic carbocycles. The first-order chi connectivity index (χ1) is 17.1. The van der Waals surface area contributed by atoms with E-state index in [2.05, 4.69) is 6.92 Å². The van der Waals surface area contributed by atoms with Gasteiger partial charge in [-0.1, -0.05) is 104 Å². The number of amides is 2. The lowest BCUT2D eigenvalue weighted by atomic mass is 9.85. The minimum atomic E-state index is -0.372. The molecule has 0 spiro atoms. The molecular formula is C30H34N2O3. The van der Waals surface area contributed by atoms with Gasteiger partial charge in [-0.2, -0.15) is 0 Å². The van der Waals surface area contributed by atoms with E-state index in [0.717, 1.165) is 29.5 Å². The van der Waals surface area contributed by atoms with Crippen LogP contribution in [0.1, 0.15) is 49.4 Å². The van der Waals surface area contributed by atoms with Gasteiger partial charge in [0.15, 0.2) is 0 Å². The van der Waals surface area contributed by atoms with E-state index in [1.165, 1.54) is 0 Å². The SMILES string of the molecule is CCC[C@H]1[C@H](Cc2ccccc2)C(=O)N([C@@H](C)c2ccccc2)CN1C(=O)OCc1ccccc1. The van der Waals surface area contributed by atoms with Crippen molar-refractivity contribution in [3.05, 3.63) is 108 Å². The van der Waals surface area contributed by atoms with Crippen LogP contribution >= 0.6 is 0 Å². The van der Waals surface area contributed by atoms with Gasteiger partial charge in [-0.3, -0.25) is 9.69 Å². The summed E-state index contributed by atoms with van der Waals surface area (Å²) >= 11 is 0. The van der Waals surface area contributed by atoms with Crippen LogP contribution in [-0.4, -0.2) is 34.5 Å². The van der Waals surface area contributed by atoms with Crippen LogP contribution in [0.15, 0.2) is 91.0 Å². The summed E-state index contributed by atoms with van der Waals surface area (Å²) in [5.41, 5.74) is 3.08. The summed E-state index contributed by atoms with van der Waals surface area (Å²) in [7, 11) is 0. The molecule has 1 heterocycles. The largest absolute Gasteiger partial charge is 0.444 e. The Morgan fingerprint density at radius 2 is 1.49 bits per heavy atom. The van der Waals surface area contributed by atoms with E-state index in [-0.39, 0.29) is 43.3 Å². The molecule has 0 bridgehead atoms. The van der Waals surface area contributed by atoms with Crippen molar-refractivity contribution in [3.8, 4) is 0 Å². The summed E-state index contributed by atoms with van der Waals surface area (Å²) in [6, 6.07) is 29.4. The monoisotopic (exact) mass is 470 g/mol. The fourth-order valence-electron chi connectivity index (χ4n) is 4.90. The van der Waals surface area contributed by atoms with Gasteiger partial charge in [0.05, 0.1) is 18.6 Å². The van der Waals surface area contributed by atoms with Crippen LogP contribution < -0.4 is 0 Å². The number of carbonyl (C=O) groups excluding carboxylic acids is 2. The van der Waals surface area contributed by atoms with Gasteiger partial charge in [-0.15, -0.1) is 0 Å². The van der Waals surface area contributed by atoms with Gasteiger partial charge < -0.3 is 9.64 Å². The van der Waals surface area contributed by atoms with E-state index in [1.807, 2.05) is 103 Å². The molecule has 0 unspecified atom stereocenters. The van der Waals surface area contributed by atoms with Crippen LogP contribution in [0.4, 0.5) is 4.79 Å². The molecular weight excluding hydrogens is 436 g/mol. The molecule has 3 aromatic rings. The Morgan fingerprint density at radius 1 is 0.914 bits per heavy atom. The van der Waals surface area contributed by atoms with Crippen LogP contribution in [0.3, 0.4) is 0 Å². The average molecular weight is 471 g/mol. The van der Waals surface area contributed by atoms with E-state index in [1.54, 1.807) is 4.90 Å². The molecule has 5 nitrogen and oxygen atoms in total. The van der Waals surface area contributed by atoms with Crippen molar-refractivity contribution in [2.45, 2.75) is 51.8 Å². The lowest BCUT2D eigenvalue weighted by molar-refractivity contribution is -0.150. The molecule has 0 radical (unpaired) electrons. The fourth-order valence-corrected chi connectivity index (χ4v) is 4.90. The molecule has 0 N–H and O–H groups in total. The lowest BCUT2D eigenvalue weighted by Crippen LogP contribution is -2.61. The minimum Gasteiger partial charge on any atom is -0.444 e. The molecule has 0 saturated carbocycles. The Morgan fingerprint density at radius 3 is 2.09 bits per heavy atom. The first kappa shape index (κ1) is 24.5. The molecule has 0 aliphatic carbocycles. The van der Waals surface area contributed by atoms with Crippen molar-refractivity contribution in [3.63, 3.8) is 0 Å². The summed E-state index contributed by atoms with van der Waals surface area (Å²) < 4.78 is 5.76. The van der Waals surface area contributed by atoms with Crippen molar-refractivity contribution in [2.24, 2.45) is 5.92 Å². The van der Waals surface area contributed by atoms with Crippen molar-refractivity contribution >= 4 is 12.0 Å². The number of rotatable bonds is 8. The first-order valence-electron chi connectivity index (χ1n) is 12.4. The zero-order chi connectivity index (χ0) is 24.6. The zero-order valence-electron chi connectivity index (χ0n) is 20.5. The minimum absolute atomic E-state index is 0.0933. The molecule has 2 amide bonds. The van der Waals surface area contributed by atoms with E-state index in [0.29, 0.717) is 6.42 Å². The highest BCUT2D eigenvalue weighted by molar-refractivity contribution is 5.83. The Kier molecular flexibility index (Phi) is 8.19. The van der Waals surface area contributed by atoms with Gasteiger partial charge in [0.2, 0.25) is 5.91 Å². The number of benzene rings is 3. The second-order valence-corrected chi connectivity index (χ2v) is 9.20. The molecule has 182 valence electrons. The van der Waals surface area contributed by atoms with Gasteiger partial charge in [0.25, 0.3) is 0 Å². The quantitative estimate of drug-likeness (QED) is 0.393. The maximum absolute atomic E-state index is 13.9. The summed E-state index contributed by atoms with van der Waals surface area (Å²) in [5.74, 6) is -0.239. The highest BCUT2D eigenvalue weighted by Crippen LogP contribution is 2.33. The maximum Gasteiger partial charge on any atom is 0.411 e. The normalized spacial score (nSPS) is 18.9. The van der Waals surface area contributed by atoms with Crippen LogP contribution in [0.25, 0.3) is 0 Å². The average Bonchev–Trinajstić information content (AvgIpc) is 2.91. The van der Waals surface area contributed by atoms with Crippen molar-refractivity contribution < 1.29 is 14.3 Å². The molecule has 1 aliphatic rings. The topological polar surface area (TPSA) is 49.9 Å². The fraction of sp³-hybridized carbons (Fsp3) is 0.333. The van der Waals surface area contributed by atoms with Crippen LogP contribution in [0.2, 0.25) is 0 Å². The molecule has 1 aliphatic heterocycles. The Balaban J connectivity index is 1.63. The smallest absolute Gasteiger partial charge is 0.411 e. The predicted molar refractivity (Wildman–Crippen MR) is 137 cm³/mol. The van der Waals surface area contributed by atoms with Crippen LogP contribution in [-0.2, 0) is 22.6 Å². The van der Waals surface area contributed by atoms with Crippen molar-refractivity contribution in [1.29, 1.82) is 0 Å². The third-order valence-electron chi connectivity index (χ3n) is 6.84. The second kappa shape index (κ2) is 11.7. The zero-order valence-corrected chi connectivity index (χ0v) is 20.5. The number of hydrogen-bond acceptors (Lipinski definition) is 3. The third kappa shape index (κ3) is 5.91. The highest BCUT2D eigenvalue weighted by atomic mass is 16.6. The summed E-state index contributed by atoms with van der Waals surface area (Å²) in [6.45, 7) is 4.55. The predicted octanol–water partition coefficient (Wildman–Crippen LogP) is 6.21. The van der Waals surface area contributed by atoms with E-state index >= 15 is 0 Å². The number of nitrogens with zero attached hydrogens (tertiary/aromatic N) is 2. The molecule has 35 heavy (non-hydrogen) atoms. The summed E-state index contributed by atoms with van der Waals surface area (Å²) in [4.78, 5) is 31.0. The molecule has 0 aromatic heterocycles. The van der Waals surface area contributed by atoms with Crippen LogP contribution in [0.5, 0.6) is 0 Å². The summed E-state index contributed by atoms with van der Waals surface area (Å²) in [6.07, 6.45) is 1.84. The van der Waals surface area contributed by atoms with Crippen molar-refractivity contribution in [2.75, 3.05) is 6.67 Å². The van der Waals surface area contributed by atoms with Crippen LogP contribution in [0, 0.1) is 5.92 Å². The first-order valence-corrected chi connectivity index (χ1v) is 12.4. The Hall–Kier alpha value is -3.60. The van der Waals surface area contributed by atoms with Gasteiger partial charge >= 0.3 is 6.09 Å². The Labute approximate surface area is 208 Å². The van der Waals surface area contributed by atoms with Gasteiger partial charge in [-0.05, 0) is 36.5 Å². The van der Waals surface area contributed by atoms with Gasteiger partial charge in [-0.25, -0.2) is 4.79 Å². The molecule has 1 saturated heterocycles.